The van der Waals surface area contributed by atoms with Crippen LogP contribution >= 0.6 is 11.8 Å². The number of aliphatic imine (C=N–C) groups is 1. The van der Waals surface area contributed by atoms with Gasteiger partial charge in [0.2, 0.25) is 0 Å². The summed E-state index contributed by atoms with van der Waals surface area (Å²) in [6, 6.07) is 16.0. The third kappa shape index (κ3) is 3.54. The number of hydrogen-bond donors (Lipinski definition) is 0. The van der Waals surface area contributed by atoms with Gasteiger partial charge in [-0.05, 0) is 50.1 Å². The zero-order valence-corrected chi connectivity index (χ0v) is 15.1. The first-order chi connectivity index (χ1) is 11.6. The predicted octanol–water partition coefficient (Wildman–Crippen LogP) is 4.96. The second-order valence-corrected chi connectivity index (χ2v) is 7.14. The number of benzene rings is 2. The van der Waals surface area contributed by atoms with Crippen molar-refractivity contribution in [3.8, 4) is 0 Å². The molecule has 24 heavy (non-hydrogen) atoms. The Labute approximate surface area is 147 Å². The van der Waals surface area contributed by atoms with Crippen molar-refractivity contribution in [1.29, 1.82) is 0 Å². The summed E-state index contributed by atoms with van der Waals surface area (Å²) in [5.41, 5.74) is 3.89. The molecule has 0 aromatic heterocycles. The highest BCUT2D eigenvalue weighted by Gasteiger charge is 2.34. The van der Waals surface area contributed by atoms with Crippen molar-refractivity contribution < 1.29 is 4.79 Å². The van der Waals surface area contributed by atoms with E-state index < -0.39 is 0 Å². The minimum absolute atomic E-state index is 0.0435. The lowest BCUT2D eigenvalue weighted by atomic mass is 10.1. The van der Waals surface area contributed by atoms with Crippen LogP contribution in [0.15, 0.2) is 53.5 Å². The van der Waals surface area contributed by atoms with Crippen LogP contribution in [-0.4, -0.2) is 27.8 Å². The lowest BCUT2D eigenvalue weighted by Gasteiger charge is -2.23. The Hall–Kier alpha value is -2.07. The molecule has 3 nitrogen and oxygen atoms in total. The normalized spacial score (nSPS) is 19.0. The van der Waals surface area contributed by atoms with Crippen LogP contribution in [0.3, 0.4) is 0 Å². The van der Waals surface area contributed by atoms with Crippen LogP contribution in [0, 0.1) is 13.8 Å². The van der Waals surface area contributed by atoms with E-state index in [1.54, 1.807) is 11.8 Å². The van der Waals surface area contributed by atoms with Gasteiger partial charge in [-0.3, -0.25) is 9.69 Å². The van der Waals surface area contributed by atoms with Crippen molar-refractivity contribution in [1.82, 2.24) is 4.90 Å². The van der Waals surface area contributed by atoms with E-state index in [0.29, 0.717) is 0 Å². The average Bonchev–Trinajstić information content (AvgIpc) is 2.97. The molecule has 1 aliphatic rings. The van der Waals surface area contributed by atoms with Crippen LogP contribution in [0.1, 0.15) is 34.8 Å². The van der Waals surface area contributed by atoms with Crippen LogP contribution in [-0.2, 0) is 0 Å². The largest absolute Gasteiger partial charge is 0.283 e. The molecule has 0 unspecified atom stereocenters. The van der Waals surface area contributed by atoms with Crippen molar-refractivity contribution in [3.05, 3.63) is 65.2 Å². The lowest BCUT2D eigenvalue weighted by molar-refractivity contribution is 0.0819. The minimum atomic E-state index is 0.0435. The molecule has 124 valence electrons. The van der Waals surface area contributed by atoms with Gasteiger partial charge < -0.3 is 0 Å². The quantitative estimate of drug-likeness (QED) is 0.792. The second-order valence-electron chi connectivity index (χ2n) is 6.15. The van der Waals surface area contributed by atoms with Crippen LogP contribution in [0.4, 0.5) is 5.69 Å². The van der Waals surface area contributed by atoms with Crippen LogP contribution in [0.2, 0.25) is 0 Å². The molecule has 2 aromatic rings. The van der Waals surface area contributed by atoms with Gasteiger partial charge in [-0.25, -0.2) is 4.99 Å². The van der Waals surface area contributed by atoms with Crippen LogP contribution in [0.5, 0.6) is 0 Å². The molecule has 0 N–H and O–H groups in total. The maximum absolute atomic E-state index is 13.1. The highest BCUT2D eigenvalue weighted by Crippen LogP contribution is 2.30. The molecular weight excluding hydrogens is 316 g/mol. The molecule has 0 spiro atoms. The number of nitrogens with zero attached hydrogens (tertiary/aromatic N) is 2. The summed E-state index contributed by atoms with van der Waals surface area (Å²) in [7, 11) is 0. The van der Waals surface area contributed by atoms with E-state index in [1.807, 2.05) is 54.3 Å². The van der Waals surface area contributed by atoms with Gasteiger partial charge in [0.1, 0.15) is 0 Å². The number of hydrogen-bond acceptors (Lipinski definition) is 3. The van der Waals surface area contributed by atoms with Crippen LogP contribution in [0.25, 0.3) is 0 Å². The van der Waals surface area contributed by atoms with Gasteiger partial charge in [-0.1, -0.05) is 48.5 Å². The Bertz CT molecular complexity index is 785. The topological polar surface area (TPSA) is 32.7 Å². The standard InChI is InChI=1S/C20H22N2OS/c1-4-18-13-24-20(21-17-10-6-8-15(3)12-17)22(18)19(23)16-9-5-7-14(2)11-16/h5-12,18H,4,13H2,1-3H3/t18-/m0/s1. The maximum Gasteiger partial charge on any atom is 0.260 e. The van der Waals surface area contributed by atoms with Crippen molar-refractivity contribution in [2.24, 2.45) is 4.99 Å². The summed E-state index contributed by atoms with van der Waals surface area (Å²) < 4.78 is 0. The fourth-order valence-corrected chi connectivity index (χ4v) is 4.10. The Morgan fingerprint density at radius 1 is 1.17 bits per heavy atom. The molecule has 1 aliphatic heterocycles. The highest BCUT2D eigenvalue weighted by atomic mass is 32.2. The van der Waals surface area contributed by atoms with Gasteiger partial charge in [0, 0.05) is 17.4 Å². The van der Waals surface area contributed by atoms with Gasteiger partial charge in [0.15, 0.2) is 5.17 Å². The van der Waals surface area contributed by atoms with E-state index in [9.17, 15) is 4.79 Å². The van der Waals surface area contributed by atoms with Crippen molar-refractivity contribution in [2.75, 3.05) is 5.75 Å². The van der Waals surface area contributed by atoms with E-state index in [1.165, 1.54) is 5.56 Å². The Kier molecular flexibility index (Phi) is 5.05. The molecule has 1 saturated heterocycles. The van der Waals surface area contributed by atoms with Gasteiger partial charge in [-0.15, -0.1) is 0 Å². The predicted molar refractivity (Wildman–Crippen MR) is 102 cm³/mol. The summed E-state index contributed by atoms with van der Waals surface area (Å²) in [4.78, 5) is 19.7. The van der Waals surface area contributed by atoms with Crippen LogP contribution < -0.4 is 0 Å². The Morgan fingerprint density at radius 2 is 1.88 bits per heavy atom. The molecule has 3 rings (SSSR count). The smallest absolute Gasteiger partial charge is 0.260 e. The minimum Gasteiger partial charge on any atom is -0.283 e. The summed E-state index contributed by atoms with van der Waals surface area (Å²) in [6.45, 7) is 6.18. The van der Waals surface area contributed by atoms with Gasteiger partial charge >= 0.3 is 0 Å². The molecule has 0 radical (unpaired) electrons. The maximum atomic E-state index is 13.1. The average molecular weight is 338 g/mol. The van der Waals surface area contributed by atoms with Gasteiger partial charge in [-0.2, -0.15) is 0 Å². The third-order valence-electron chi connectivity index (χ3n) is 4.16. The third-order valence-corrected chi connectivity index (χ3v) is 5.26. The number of aryl methyl sites for hydroxylation is 2. The number of rotatable bonds is 3. The molecule has 1 fully saturated rings. The van der Waals surface area contributed by atoms with Crippen molar-refractivity contribution >= 4 is 28.5 Å². The summed E-state index contributed by atoms with van der Waals surface area (Å²) in [5.74, 6) is 0.945. The number of amidine groups is 1. The van der Waals surface area contributed by atoms with Gasteiger partial charge in [0.05, 0.1) is 5.69 Å². The molecule has 1 heterocycles. The summed E-state index contributed by atoms with van der Waals surface area (Å²) >= 11 is 1.67. The fourth-order valence-electron chi connectivity index (χ4n) is 2.84. The first-order valence-electron chi connectivity index (χ1n) is 8.27. The van der Waals surface area contributed by atoms with Gasteiger partial charge in [0.25, 0.3) is 5.91 Å². The highest BCUT2D eigenvalue weighted by molar-refractivity contribution is 8.14. The first kappa shape index (κ1) is 16.8. The second kappa shape index (κ2) is 7.22. The number of thioether (sulfide) groups is 1. The molecule has 0 aliphatic carbocycles. The molecule has 1 atom stereocenters. The van der Waals surface area contributed by atoms with E-state index in [2.05, 4.69) is 19.9 Å². The zero-order valence-electron chi connectivity index (χ0n) is 14.3. The first-order valence-corrected chi connectivity index (χ1v) is 9.25. The number of carbonyl (C=O) groups excluding carboxylic acids is 1. The molecular formula is C20H22N2OS. The van der Waals surface area contributed by atoms with E-state index in [-0.39, 0.29) is 11.9 Å². The molecule has 4 heteroatoms. The van der Waals surface area contributed by atoms with E-state index >= 15 is 0 Å². The Morgan fingerprint density at radius 3 is 2.54 bits per heavy atom. The lowest BCUT2D eigenvalue weighted by Crippen LogP contribution is -2.39. The van der Waals surface area contributed by atoms with E-state index in [0.717, 1.165) is 34.2 Å². The summed E-state index contributed by atoms with van der Waals surface area (Å²) in [5, 5.41) is 0.805. The van der Waals surface area contributed by atoms with E-state index in [4.69, 9.17) is 4.99 Å². The monoisotopic (exact) mass is 338 g/mol. The summed E-state index contributed by atoms with van der Waals surface area (Å²) in [6.07, 6.45) is 0.928. The Balaban J connectivity index is 1.96. The SMILES string of the molecule is CC[C@H]1CSC(=Nc2cccc(C)c2)N1C(=O)c1cccc(C)c1. The van der Waals surface area contributed by atoms with Crippen molar-refractivity contribution in [2.45, 2.75) is 33.2 Å². The molecule has 0 bridgehead atoms. The van der Waals surface area contributed by atoms with Crippen molar-refractivity contribution in [3.63, 3.8) is 0 Å². The number of amides is 1. The molecule has 2 aromatic carbocycles. The molecule has 1 amide bonds. The zero-order chi connectivity index (χ0) is 17.1. The molecule has 0 saturated carbocycles. The number of carbonyl (C=O) groups is 1. The fraction of sp³-hybridized carbons (Fsp3) is 0.300.